The van der Waals surface area contributed by atoms with Crippen LogP contribution in [0.2, 0.25) is 0 Å². The van der Waals surface area contributed by atoms with Gasteiger partial charge in [-0.1, -0.05) is 19.3 Å². The lowest BCUT2D eigenvalue weighted by molar-refractivity contribution is -0.127. The summed E-state index contributed by atoms with van der Waals surface area (Å²) < 4.78 is 4.97. The molecule has 2 heterocycles. The second-order valence-corrected chi connectivity index (χ2v) is 7.27. The van der Waals surface area contributed by atoms with E-state index in [-0.39, 0.29) is 36.3 Å². The number of likely N-dealkylation sites (tertiary alicyclic amines) is 1. The first-order chi connectivity index (χ1) is 12.2. The number of piperidine rings is 1. The van der Waals surface area contributed by atoms with Crippen molar-refractivity contribution in [3.8, 4) is 0 Å². The molecule has 0 bridgehead atoms. The molecule has 1 aliphatic carbocycles. The molecule has 138 valence electrons. The molecule has 25 heavy (non-hydrogen) atoms. The van der Waals surface area contributed by atoms with Crippen LogP contribution >= 0.6 is 0 Å². The molecule has 1 saturated carbocycles. The molecular formula is C19H28N2O4. The molecule has 1 saturated heterocycles. The van der Waals surface area contributed by atoms with Gasteiger partial charge in [-0.15, -0.1) is 0 Å². The first kappa shape index (κ1) is 18.0. The van der Waals surface area contributed by atoms with Crippen LogP contribution in [0.25, 0.3) is 0 Å². The Kier molecular flexibility index (Phi) is 6.13. The highest BCUT2D eigenvalue weighted by Crippen LogP contribution is 2.25. The van der Waals surface area contributed by atoms with Gasteiger partial charge in [0.15, 0.2) is 0 Å². The molecule has 0 radical (unpaired) electrons. The minimum Gasteiger partial charge on any atom is -0.472 e. The van der Waals surface area contributed by atoms with Gasteiger partial charge in [-0.3, -0.25) is 9.59 Å². The van der Waals surface area contributed by atoms with Gasteiger partial charge in [0.05, 0.1) is 11.8 Å². The Bertz CT molecular complexity index is 564. The number of aliphatic hydroxyl groups excluding tert-OH is 1. The Labute approximate surface area is 148 Å². The number of carbonyl (C=O) groups is 2. The number of hydrogen-bond acceptors (Lipinski definition) is 4. The minimum absolute atomic E-state index is 0.0308. The average molecular weight is 348 g/mol. The molecule has 1 aromatic rings. The summed E-state index contributed by atoms with van der Waals surface area (Å²) in [6.45, 7) is 1.33. The summed E-state index contributed by atoms with van der Waals surface area (Å²) in [5, 5.41) is 12.8. The van der Waals surface area contributed by atoms with E-state index >= 15 is 0 Å². The van der Waals surface area contributed by atoms with Crippen LogP contribution in [0.4, 0.5) is 0 Å². The molecule has 2 fully saturated rings. The molecule has 1 aromatic heterocycles. The Morgan fingerprint density at radius 2 is 1.92 bits per heavy atom. The van der Waals surface area contributed by atoms with Crippen LogP contribution in [-0.2, 0) is 4.79 Å². The molecule has 2 unspecified atom stereocenters. The van der Waals surface area contributed by atoms with Gasteiger partial charge in [0, 0.05) is 37.6 Å². The van der Waals surface area contributed by atoms with Crippen LogP contribution < -0.4 is 5.32 Å². The van der Waals surface area contributed by atoms with E-state index in [0.717, 1.165) is 25.7 Å². The zero-order valence-corrected chi connectivity index (χ0v) is 14.7. The number of amides is 2. The van der Waals surface area contributed by atoms with Crippen molar-refractivity contribution in [3.05, 3.63) is 24.2 Å². The molecule has 2 atom stereocenters. The Balaban J connectivity index is 1.50. The van der Waals surface area contributed by atoms with Crippen molar-refractivity contribution in [2.45, 2.75) is 51.0 Å². The van der Waals surface area contributed by atoms with Crippen molar-refractivity contribution in [1.82, 2.24) is 10.2 Å². The molecular weight excluding hydrogens is 320 g/mol. The first-order valence-corrected chi connectivity index (χ1v) is 9.41. The predicted octanol–water partition coefficient (Wildman–Crippen LogP) is 2.19. The normalized spacial score (nSPS) is 25.4. The predicted molar refractivity (Wildman–Crippen MR) is 92.9 cm³/mol. The summed E-state index contributed by atoms with van der Waals surface area (Å²) >= 11 is 0. The monoisotopic (exact) mass is 348 g/mol. The number of hydrogen-bond donors (Lipinski definition) is 2. The van der Waals surface area contributed by atoms with Crippen LogP contribution in [0.15, 0.2) is 23.0 Å². The van der Waals surface area contributed by atoms with Crippen molar-refractivity contribution < 1.29 is 19.1 Å². The van der Waals surface area contributed by atoms with Crippen LogP contribution in [0.1, 0.15) is 55.3 Å². The highest BCUT2D eigenvalue weighted by atomic mass is 16.3. The number of nitrogens with one attached hydrogen (secondary N) is 1. The van der Waals surface area contributed by atoms with E-state index in [4.69, 9.17) is 4.42 Å². The maximum absolute atomic E-state index is 12.6. The quantitative estimate of drug-likeness (QED) is 0.817. The fraction of sp³-hybridized carbons (Fsp3) is 0.684. The largest absolute Gasteiger partial charge is 0.472 e. The van der Waals surface area contributed by atoms with E-state index in [1.54, 1.807) is 11.0 Å². The molecule has 6 heteroatoms. The van der Waals surface area contributed by atoms with E-state index in [9.17, 15) is 14.7 Å². The second-order valence-electron chi connectivity index (χ2n) is 7.27. The third-order valence-corrected chi connectivity index (χ3v) is 5.64. The molecule has 0 spiro atoms. The first-order valence-electron chi connectivity index (χ1n) is 9.41. The zero-order chi connectivity index (χ0) is 17.6. The highest BCUT2D eigenvalue weighted by molar-refractivity contribution is 5.94. The average Bonchev–Trinajstić information content (AvgIpc) is 3.09. The molecule has 3 rings (SSSR count). The van der Waals surface area contributed by atoms with Gasteiger partial charge in [0.1, 0.15) is 6.26 Å². The Morgan fingerprint density at radius 1 is 1.16 bits per heavy atom. The number of furan rings is 1. The maximum Gasteiger partial charge on any atom is 0.257 e. The van der Waals surface area contributed by atoms with Gasteiger partial charge in [-0.2, -0.15) is 0 Å². The lowest BCUT2D eigenvalue weighted by atomic mass is 9.92. The SMILES string of the molecule is O=C(NC1CCCCCC1CO)C1CCN(C(=O)c2ccoc2)CC1. The van der Waals surface area contributed by atoms with Crippen LogP contribution in [-0.4, -0.2) is 47.6 Å². The molecule has 2 aliphatic rings. The summed E-state index contributed by atoms with van der Waals surface area (Å²) in [5.74, 6) is 0.183. The van der Waals surface area contributed by atoms with Crippen LogP contribution in [0.3, 0.4) is 0 Å². The number of aliphatic hydroxyl groups is 1. The molecule has 2 amide bonds. The summed E-state index contributed by atoms with van der Waals surface area (Å²) in [5.41, 5.74) is 0.562. The third kappa shape index (κ3) is 4.42. The standard InChI is InChI=1S/C19H28N2O4/c22-12-15-4-2-1-3-5-17(15)20-18(23)14-6-9-21(10-7-14)19(24)16-8-11-25-13-16/h8,11,13-15,17,22H,1-7,9-10,12H2,(H,20,23). The molecule has 0 aromatic carbocycles. The molecule has 1 aliphatic heterocycles. The lowest BCUT2D eigenvalue weighted by Crippen LogP contribution is -2.47. The van der Waals surface area contributed by atoms with Crippen LogP contribution in [0.5, 0.6) is 0 Å². The van der Waals surface area contributed by atoms with Crippen molar-refractivity contribution in [3.63, 3.8) is 0 Å². The third-order valence-electron chi connectivity index (χ3n) is 5.64. The van der Waals surface area contributed by atoms with Gasteiger partial charge in [-0.05, 0) is 31.7 Å². The van der Waals surface area contributed by atoms with Crippen molar-refractivity contribution in [1.29, 1.82) is 0 Å². The topological polar surface area (TPSA) is 82.8 Å². The van der Waals surface area contributed by atoms with E-state index < -0.39 is 0 Å². The van der Waals surface area contributed by atoms with E-state index in [1.165, 1.54) is 18.9 Å². The van der Waals surface area contributed by atoms with E-state index in [1.807, 2.05) is 0 Å². The van der Waals surface area contributed by atoms with E-state index in [2.05, 4.69) is 5.32 Å². The number of carbonyl (C=O) groups excluding carboxylic acids is 2. The zero-order valence-electron chi connectivity index (χ0n) is 14.7. The smallest absolute Gasteiger partial charge is 0.257 e. The summed E-state index contributed by atoms with van der Waals surface area (Å²) in [4.78, 5) is 26.7. The Morgan fingerprint density at radius 3 is 2.60 bits per heavy atom. The van der Waals surface area contributed by atoms with Gasteiger partial charge >= 0.3 is 0 Å². The lowest BCUT2D eigenvalue weighted by Gasteiger charge is -2.33. The highest BCUT2D eigenvalue weighted by Gasteiger charge is 2.31. The van der Waals surface area contributed by atoms with Gasteiger partial charge in [-0.25, -0.2) is 0 Å². The summed E-state index contributed by atoms with van der Waals surface area (Å²) in [6.07, 6.45) is 9.69. The fourth-order valence-electron chi connectivity index (χ4n) is 4.01. The Hall–Kier alpha value is -1.82. The second kappa shape index (κ2) is 8.52. The van der Waals surface area contributed by atoms with Crippen molar-refractivity contribution in [2.75, 3.05) is 19.7 Å². The fourth-order valence-corrected chi connectivity index (χ4v) is 4.01. The molecule has 2 N–H and O–H groups in total. The van der Waals surface area contributed by atoms with Crippen molar-refractivity contribution >= 4 is 11.8 Å². The minimum atomic E-state index is -0.0454. The van der Waals surface area contributed by atoms with Gasteiger partial charge in [0.2, 0.25) is 5.91 Å². The number of nitrogens with zero attached hydrogens (tertiary/aromatic N) is 1. The van der Waals surface area contributed by atoms with E-state index in [0.29, 0.717) is 31.5 Å². The summed E-state index contributed by atoms with van der Waals surface area (Å²) in [7, 11) is 0. The summed E-state index contributed by atoms with van der Waals surface area (Å²) in [6, 6.07) is 1.76. The maximum atomic E-state index is 12.6. The number of rotatable bonds is 4. The molecule has 6 nitrogen and oxygen atoms in total. The van der Waals surface area contributed by atoms with Gasteiger partial charge < -0.3 is 19.7 Å². The van der Waals surface area contributed by atoms with Gasteiger partial charge in [0.25, 0.3) is 5.91 Å². The van der Waals surface area contributed by atoms with Crippen LogP contribution in [0, 0.1) is 11.8 Å². The van der Waals surface area contributed by atoms with Crippen molar-refractivity contribution in [2.24, 2.45) is 11.8 Å².